The normalized spacial score (nSPS) is 19.5. The zero-order valence-electron chi connectivity index (χ0n) is 14.6. The summed E-state index contributed by atoms with van der Waals surface area (Å²) in [5, 5.41) is 8.96. The Bertz CT molecular complexity index is 877. The fraction of sp³-hybridized carbons (Fsp3) is 0.200. The number of nitrogens with one attached hydrogen (secondary N) is 3. The van der Waals surface area contributed by atoms with Crippen molar-refractivity contribution in [1.82, 2.24) is 10.6 Å². The van der Waals surface area contributed by atoms with E-state index in [1.807, 2.05) is 32.0 Å². The van der Waals surface area contributed by atoms with Gasteiger partial charge >= 0.3 is 6.03 Å². The van der Waals surface area contributed by atoms with Crippen LogP contribution in [0.4, 0.5) is 10.5 Å². The summed E-state index contributed by atoms with van der Waals surface area (Å²) in [6.45, 7) is 7.78. The first-order chi connectivity index (χ1) is 12.3. The van der Waals surface area contributed by atoms with Crippen molar-refractivity contribution in [2.24, 2.45) is 5.92 Å². The molecular weight excluding hydrogens is 350 g/mol. The van der Waals surface area contributed by atoms with Crippen LogP contribution in [-0.2, 0) is 4.79 Å². The number of aryl methyl sites for hydroxylation is 2. The Balaban J connectivity index is 1.91. The van der Waals surface area contributed by atoms with Crippen LogP contribution in [0.2, 0.25) is 5.02 Å². The van der Waals surface area contributed by atoms with Crippen molar-refractivity contribution >= 4 is 29.2 Å². The van der Waals surface area contributed by atoms with Gasteiger partial charge in [-0.15, -0.1) is 0 Å². The van der Waals surface area contributed by atoms with Crippen molar-refractivity contribution in [2.45, 2.75) is 19.9 Å². The molecule has 1 fully saturated rings. The molecule has 2 aromatic carbocycles. The third-order valence-electron chi connectivity index (χ3n) is 4.43. The predicted molar refractivity (Wildman–Crippen MR) is 103 cm³/mol. The van der Waals surface area contributed by atoms with Crippen LogP contribution in [-0.4, -0.2) is 11.9 Å². The van der Waals surface area contributed by atoms with Gasteiger partial charge in [-0.2, -0.15) is 0 Å². The summed E-state index contributed by atoms with van der Waals surface area (Å²) in [4.78, 5) is 24.9. The Hall–Kier alpha value is -2.79. The molecule has 1 saturated heterocycles. The lowest BCUT2D eigenvalue weighted by atomic mass is 9.88. The zero-order valence-corrected chi connectivity index (χ0v) is 15.4. The van der Waals surface area contributed by atoms with Gasteiger partial charge < -0.3 is 16.0 Å². The van der Waals surface area contributed by atoms with Gasteiger partial charge in [-0.05, 0) is 48.7 Å². The number of carbonyl (C=O) groups is 2. The van der Waals surface area contributed by atoms with Crippen LogP contribution < -0.4 is 16.0 Å². The van der Waals surface area contributed by atoms with Crippen LogP contribution in [0.15, 0.2) is 54.7 Å². The zero-order chi connectivity index (χ0) is 18.8. The van der Waals surface area contributed by atoms with Gasteiger partial charge in [0.25, 0.3) is 0 Å². The van der Waals surface area contributed by atoms with Gasteiger partial charge in [0.1, 0.15) is 5.92 Å². The van der Waals surface area contributed by atoms with Crippen molar-refractivity contribution in [3.63, 3.8) is 0 Å². The number of halogens is 1. The summed E-state index contributed by atoms with van der Waals surface area (Å²) >= 11 is 5.95. The van der Waals surface area contributed by atoms with Gasteiger partial charge in [-0.25, -0.2) is 4.79 Å². The largest absolute Gasteiger partial charge is 0.330 e. The van der Waals surface area contributed by atoms with E-state index in [0.717, 1.165) is 22.4 Å². The molecule has 3 N–H and O–H groups in total. The average molecular weight is 370 g/mol. The van der Waals surface area contributed by atoms with Gasteiger partial charge in [-0.3, -0.25) is 4.79 Å². The molecule has 1 aliphatic rings. The molecule has 1 aliphatic heterocycles. The summed E-state index contributed by atoms with van der Waals surface area (Å²) in [5.41, 5.74) is 3.90. The Morgan fingerprint density at radius 1 is 1.15 bits per heavy atom. The van der Waals surface area contributed by atoms with Crippen LogP contribution in [0.1, 0.15) is 22.7 Å². The van der Waals surface area contributed by atoms with Gasteiger partial charge in [0.2, 0.25) is 5.91 Å². The molecule has 0 unspecified atom stereocenters. The van der Waals surface area contributed by atoms with Crippen molar-refractivity contribution in [1.29, 1.82) is 0 Å². The van der Waals surface area contributed by atoms with Crippen molar-refractivity contribution < 1.29 is 9.59 Å². The maximum absolute atomic E-state index is 13.0. The minimum atomic E-state index is -0.659. The second kappa shape index (κ2) is 7.22. The molecule has 3 amide bonds. The summed E-state index contributed by atoms with van der Waals surface area (Å²) < 4.78 is 0. The number of benzene rings is 2. The summed E-state index contributed by atoms with van der Waals surface area (Å²) in [5.74, 6) is -0.898. The second-order valence-corrected chi connectivity index (χ2v) is 6.87. The lowest BCUT2D eigenvalue weighted by Crippen LogP contribution is -2.51. The molecule has 134 valence electrons. The molecular formula is C20H20ClN3O2. The molecule has 2 aromatic rings. The standard InChI is InChI=1S/C20H20ClN3O2/c1-11-4-5-12(2)16(10-11)23-19(25)17-13(3)22-20(26)24-18(17)14-6-8-15(21)9-7-14/h4-10,17-18H,3H2,1-2H3,(H,23,25)(H2,22,24,26)/t17-,18-/m0/s1. The van der Waals surface area contributed by atoms with Crippen LogP contribution in [0, 0.1) is 19.8 Å². The number of anilines is 1. The SMILES string of the molecule is C=C1NC(=O)N[C@@H](c2ccc(Cl)cc2)[C@H]1C(=O)Nc1cc(C)ccc1C. The number of urea groups is 1. The summed E-state index contributed by atoms with van der Waals surface area (Å²) in [6.07, 6.45) is 0. The Morgan fingerprint density at radius 3 is 2.54 bits per heavy atom. The average Bonchev–Trinajstić information content (AvgIpc) is 2.58. The quantitative estimate of drug-likeness (QED) is 0.762. The first-order valence-electron chi connectivity index (χ1n) is 8.25. The third kappa shape index (κ3) is 3.73. The number of hydrogen-bond donors (Lipinski definition) is 3. The van der Waals surface area contributed by atoms with Crippen LogP contribution in [0.5, 0.6) is 0 Å². The maximum atomic E-state index is 13.0. The molecule has 0 radical (unpaired) electrons. The molecule has 3 rings (SSSR count). The maximum Gasteiger partial charge on any atom is 0.319 e. The predicted octanol–water partition coefficient (Wildman–Crippen LogP) is 4.08. The van der Waals surface area contributed by atoms with E-state index in [0.29, 0.717) is 10.7 Å². The van der Waals surface area contributed by atoms with Crippen LogP contribution in [0.25, 0.3) is 0 Å². The number of hydrogen-bond acceptors (Lipinski definition) is 2. The molecule has 26 heavy (non-hydrogen) atoms. The lowest BCUT2D eigenvalue weighted by molar-refractivity contribution is -0.119. The molecule has 0 aliphatic carbocycles. The fourth-order valence-electron chi connectivity index (χ4n) is 3.02. The lowest BCUT2D eigenvalue weighted by Gasteiger charge is -2.34. The van der Waals surface area contributed by atoms with Crippen molar-refractivity contribution in [3.8, 4) is 0 Å². The highest BCUT2D eigenvalue weighted by molar-refractivity contribution is 6.30. The van der Waals surface area contributed by atoms with Crippen molar-refractivity contribution in [2.75, 3.05) is 5.32 Å². The van der Waals surface area contributed by atoms with Gasteiger partial charge in [0, 0.05) is 16.4 Å². The first-order valence-corrected chi connectivity index (χ1v) is 8.63. The van der Waals surface area contributed by atoms with E-state index in [1.54, 1.807) is 24.3 Å². The van der Waals surface area contributed by atoms with E-state index in [9.17, 15) is 9.59 Å². The van der Waals surface area contributed by atoms with Crippen molar-refractivity contribution in [3.05, 3.63) is 76.5 Å². The highest BCUT2D eigenvalue weighted by Crippen LogP contribution is 2.31. The molecule has 6 heteroatoms. The van der Waals surface area contributed by atoms with E-state index in [4.69, 9.17) is 11.6 Å². The molecule has 0 spiro atoms. The third-order valence-corrected chi connectivity index (χ3v) is 4.68. The molecule has 1 heterocycles. The van der Waals surface area contributed by atoms with E-state index in [2.05, 4.69) is 22.5 Å². The highest BCUT2D eigenvalue weighted by Gasteiger charge is 2.37. The van der Waals surface area contributed by atoms with E-state index < -0.39 is 12.0 Å². The van der Waals surface area contributed by atoms with Gasteiger partial charge in [-0.1, -0.05) is 42.4 Å². The molecule has 0 saturated carbocycles. The Kier molecular flexibility index (Phi) is 5.00. The van der Waals surface area contributed by atoms with Crippen LogP contribution in [0.3, 0.4) is 0 Å². The minimum absolute atomic E-state index is 0.240. The second-order valence-electron chi connectivity index (χ2n) is 6.44. The number of rotatable bonds is 3. The van der Waals surface area contributed by atoms with Gasteiger partial charge in [0.05, 0.1) is 6.04 Å². The monoisotopic (exact) mass is 369 g/mol. The number of carbonyl (C=O) groups excluding carboxylic acids is 2. The molecule has 0 bridgehead atoms. The summed E-state index contributed by atoms with van der Waals surface area (Å²) in [7, 11) is 0. The number of amides is 3. The minimum Gasteiger partial charge on any atom is -0.330 e. The first kappa shape index (κ1) is 18.0. The smallest absolute Gasteiger partial charge is 0.319 e. The molecule has 2 atom stereocenters. The highest BCUT2D eigenvalue weighted by atomic mass is 35.5. The Labute approximate surface area is 157 Å². The summed E-state index contributed by atoms with van der Waals surface area (Å²) in [6, 6.07) is 12.0. The molecule has 0 aromatic heterocycles. The van der Waals surface area contributed by atoms with E-state index in [1.165, 1.54) is 0 Å². The van der Waals surface area contributed by atoms with Gasteiger partial charge in [0.15, 0.2) is 0 Å². The topological polar surface area (TPSA) is 70.2 Å². The Morgan fingerprint density at radius 2 is 1.85 bits per heavy atom. The van der Waals surface area contributed by atoms with E-state index >= 15 is 0 Å². The fourth-order valence-corrected chi connectivity index (χ4v) is 3.15. The molecule has 5 nitrogen and oxygen atoms in total. The van der Waals surface area contributed by atoms with Crippen LogP contribution >= 0.6 is 11.6 Å². The van der Waals surface area contributed by atoms with E-state index in [-0.39, 0.29) is 11.9 Å².